The number of hydrogen-bond acceptors (Lipinski definition) is 2. The molecule has 37 heavy (non-hydrogen) atoms. The van der Waals surface area contributed by atoms with Crippen molar-refractivity contribution < 1.29 is 0 Å². The van der Waals surface area contributed by atoms with Gasteiger partial charge in [0.25, 0.3) is 0 Å². The van der Waals surface area contributed by atoms with Gasteiger partial charge in [0.2, 0.25) is 0 Å². The van der Waals surface area contributed by atoms with E-state index in [9.17, 15) is 0 Å². The Morgan fingerprint density at radius 2 is 0.838 bits per heavy atom. The van der Waals surface area contributed by atoms with Gasteiger partial charge in [-0.3, -0.25) is 3.11 Å². The van der Waals surface area contributed by atoms with Gasteiger partial charge >= 0.3 is 0 Å². The van der Waals surface area contributed by atoms with Gasteiger partial charge in [0.1, 0.15) is 0 Å². The van der Waals surface area contributed by atoms with Crippen LogP contribution in [0, 0.1) is 0 Å². The molecule has 2 nitrogen and oxygen atoms in total. The molecule has 0 fully saturated rings. The Kier molecular flexibility index (Phi) is 6.61. The van der Waals surface area contributed by atoms with Gasteiger partial charge in [-0.1, -0.05) is 97.1 Å². The maximum Gasteiger partial charge on any atom is 0.0646 e. The summed E-state index contributed by atoms with van der Waals surface area (Å²) >= 11 is 2.36. The van der Waals surface area contributed by atoms with E-state index in [1.807, 2.05) is 6.07 Å². The van der Waals surface area contributed by atoms with Gasteiger partial charge in [-0.25, -0.2) is 0 Å². The first-order valence-corrected chi connectivity index (χ1v) is 13.3. The molecule has 0 aliphatic carbocycles. The Hall–Kier alpha value is -4.09. The number of nitrogens with zero attached hydrogens (tertiary/aromatic N) is 2. The normalized spacial score (nSPS) is 10.8. The maximum absolute atomic E-state index is 2.36. The van der Waals surface area contributed by atoms with Gasteiger partial charge < -0.3 is 4.90 Å². The van der Waals surface area contributed by atoms with E-state index in [1.54, 1.807) is 0 Å². The van der Waals surface area contributed by atoms with Crippen LogP contribution in [0.25, 0.3) is 21.9 Å². The molecule has 0 heterocycles. The van der Waals surface area contributed by atoms with Crippen LogP contribution in [0.1, 0.15) is 0 Å². The summed E-state index contributed by atoms with van der Waals surface area (Å²) < 4.78 is 2.17. The number of hydrogen-bond donors (Lipinski definition) is 0. The lowest BCUT2D eigenvalue weighted by molar-refractivity contribution is 1.30. The van der Waals surface area contributed by atoms with Crippen molar-refractivity contribution in [3.63, 3.8) is 0 Å². The fourth-order valence-electron chi connectivity index (χ4n) is 4.70. The van der Waals surface area contributed by atoms with Crippen molar-refractivity contribution in [3.05, 3.63) is 152 Å². The van der Waals surface area contributed by atoms with Crippen LogP contribution in [0.5, 0.6) is 0 Å². The molecule has 6 aromatic carbocycles. The van der Waals surface area contributed by atoms with Crippen LogP contribution in [0.3, 0.4) is 0 Å². The molecule has 178 valence electrons. The number of fused-ring (bicyclic) bond motifs is 1. The number of anilines is 5. The van der Waals surface area contributed by atoms with Crippen molar-refractivity contribution >= 4 is 62.1 Å². The van der Waals surface area contributed by atoms with E-state index in [4.69, 9.17) is 0 Å². The second-order valence-electron chi connectivity index (χ2n) is 8.88. The van der Waals surface area contributed by atoms with Gasteiger partial charge in [0, 0.05) is 16.8 Å². The molecule has 0 N–H and O–H groups in total. The zero-order valence-electron chi connectivity index (χ0n) is 20.2. The van der Waals surface area contributed by atoms with Gasteiger partial charge in [0.15, 0.2) is 0 Å². The zero-order chi connectivity index (χ0) is 25.0. The minimum absolute atomic E-state index is 1.13. The van der Waals surface area contributed by atoms with Crippen LogP contribution in [0.2, 0.25) is 0 Å². The van der Waals surface area contributed by atoms with Gasteiger partial charge in [-0.15, -0.1) is 0 Å². The minimum atomic E-state index is 1.13. The molecule has 6 aromatic rings. The molecule has 0 saturated heterocycles. The van der Waals surface area contributed by atoms with Crippen molar-refractivity contribution in [2.75, 3.05) is 8.01 Å². The fourth-order valence-corrected chi connectivity index (χ4v) is 5.35. The smallest absolute Gasteiger partial charge is 0.0646 e. The third kappa shape index (κ3) is 4.83. The molecule has 0 aliphatic heterocycles. The van der Waals surface area contributed by atoms with Crippen LogP contribution in [0.15, 0.2) is 152 Å². The first-order valence-electron chi connectivity index (χ1n) is 12.3. The number of rotatable bonds is 6. The Morgan fingerprint density at radius 1 is 0.378 bits per heavy atom. The Morgan fingerprint density at radius 3 is 1.49 bits per heavy atom. The van der Waals surface area contributed by atoms with E-state index in [0.717, 1.165) is 22.7 Å². The van der Waals surface area contributed by atoms with Crippen LogP contribution in [-0.4, -0.2) is 0 Å². The molecule has 0 aromatic heterocycles. The lowest BCUT2D eigenvalue weighted by Gasteiger charge is -2.27. The number of halogens is 1. The predicted octanol–water partition coefficient (Wildman–Crippen LogP) is 10.5. The lowest BCUT2D eigenvalue weighted by atomic mass is 10.0. The van der Waals surface area contributed by atoms with E-state index in [1.165, 1.54) is 27.6 Å². The van der Waals surface area contributed by atoms with Crippen LogP contribution in [-0.2, 0) is 0 Å². The standard InChI is InChI=1S/C34H25IN2/c35-37(31-14-5-2-6-15-31)32-24-20-27(21-25-32)26-18-22-30(23-19-26)36(29-12-3-1-4-13-29)34-17-9-11-28-10-7-8-16-33(28)34/h1-25H. The van der Waals surface area contributed by atoms with Crippen LogP contribution in [0.4, 0.5) is 28.4 Å². The summed E-state index contributed by atoms with van der Waals surface area (Å²) in [6, 6.07) is 53.6. The number of benzene rings is 6. The van der Waals surface area contributed by atoms with Crippen LogP contribution >= 0.6 is 22.9 Å². The Bertz CT molecular complexity index is 1610. The third-order valence-electron chi connectivity index (χ3n) is 6.56. The average Bonchev–Trinajstić information content (AvgIpc) is 2.98. The molecular formula is C34H25IN2. The highest BCUT2D eigenvalue weighted by atomic mass is 127. The molecule has 6 rings (SSSR count). The molecule has 0 amide bonds. The summed E-state index contributed by atoms with van der Waals surface area (Å²) in [7, 11) is 0. The molecule has 0 bridgehead atoms. The van der Waals surface area contributed by atoms with Crippen molar-refractivity contribution in [1.29, 1.82) is 0 Å². The van der Waals surface area contributed by atoms with E-state index < -0.39 is 0 Å². The van der Waals surface area contributed by atoms with Crippen molar-refractivity contribution in [3.8, 4) is 11.1 Å². The molecule has 0 spiro atoms. The summed E-state index contributed by atoms with van der Waals surface area (Å²) in [5.74, 6) is 0. The summed E-state index contributed by atoms with van der Waals surface area (Å²) in [6.07, 6.45) is 0. The van der Waals surface area contributed by atoms with Crippen molar-refractivity contribution in [2.45, 2.75) is 0 Å². The van der Waals surface area contributed by atoms with Crippen molar-refractivity contribution in [1.82, 2.24) is 0 Å². The summed E-state index contributed by atoms with van der Waals surface area (Å²) in [5.41, 5.74) is 8.15. The summed E-state index contributed by atoms with van der Waals surface area (Å²) in [5, 5.41) is 2.47. The monoisotopic (exact) mass is 588 g/mol. The second-order valence-corrected chi connectivity index (χ2v) is 9.84. The van der Waals surface area contributed by atoms with Crippen molar-refractivity contribution in [2.24, 2.45) is 0 Å². The topological polar surface area (TPSA) is 6.48 Å². The van der Waals surface area contributed by atoms with Crippen LogP contribution < -0.4 is 8.01 Å². The quantitative estimate of drug-likeness (QED) is 0.141. The molecule has 0 unspecified atom stereocenters. The maximum atomic E-state index is 2.36. The number of para-hydroxylation sites is 2. The van der Waals surface area contributed by atoms with E-state index >= 15 is 0 Å². The molecule has 0 atom stereocenters. The second kappa shape index (κ2) is 10.5. The average molecular weight is 588 g/mol. The molecular weight excluding hydrogens is 563 g/mol. The van der Waals surface area contributed by atoms with E-state index in [-0.39, 0.29) is 0 Å². The first kappa shape index (κ1) is 23.3. The first-order chi connectivity index (χ1) is 18.3. The summed E-state index contributed by atoms with van der Waals surface area (Å²) in [6.45, 7) is 0. The Balaban J connectivity index is 1.34. The molecule has 0 aliphatic rings. The molecule has 3 heteroatoms. The highest BCUT2D eigenvalue weighted by Gasteiger charge is 2.15. The van der Waals surface area contributed by atoms with Gasteiger partial charge in [-0.05, 0) is 71.1 Å². The largest absolute Gasteiger partial charge is 0.310 e. The van der Waals surface area contributed by atoms with E-state index in [2.05, 4.69) is 176 Å². The van der Waals surface area contributed by atoms with E-state index in [0.29, 0.717) is 0 Å². The predicted molar refractivity (Wildman–Crippen MR) is 167 cm³/mol. The highest BCUT2D eigenvalue weighted by molar-refractivity contribution is 14.1. The van der Waals surface area contributed by atoms with Gasteiger partial charge in [-0.2, -0.15) is 0 Å². The lowest BCUT2D eigenvalue weighted by Crippen LogP contribution is -2.10. The molecule has 0 radical (unpaired) electrons. The third-order valence-corrected chi connectivity index (χ3v) is 7.67. The zero-order valence-corrected chi connectivity index (χ0v) is 22.4. The van der Waals surface area contributed by atoms with Gasteiger partial charge in [0.05, 0.1) is 39.9 Å². The molecule has 0 saturated carbocycles. The fraction of sp³-hybridized carbons (Fsp3) is 0. The SMILES string of the molecule is IN(c1ccccc1)c1ccc(-c2ccc(N(c3ccccc3)c3cccc4ccccc34)cc2)cc1. The highest BCUT2D eigenvalue weighted by Crippen LogP contribution is 2.39. The Labute approximate surface area is 231 Å². The minimum Gasteiger partial charge on any atom is -0.310 e. The summed E-state index contributed by atoms with van der Waals surface area (Å²) in [4.78, 5) is 2.34.